The number of benzene rings is 2. The maximum Gasteiger partial charge on any atom is 0.242 e. The fourth-order valence-corrected chi connectivity index (χ4v) is 3.83. The Morgan fingerprint density at radius 2 is 1.80 bits per heavy atom. The van der Waals surface area contributed by atoms with Crippen LogP contribution in [0.1, 0.15) is 43.9 Å². The molecule has 0 aromatic heterocycles. The van der Waals surface area contributed by atoms with Gasteiger partial charge in [0.15, 0.2) is 0 Å². The van der Waals surface area contributed by atoms with E-state index in [1.807, 2.05) is 39.0 Å². The standard InChI is InChI=1S/C24H31FN2O2S/c1-5-18(3)26-24(29)19(4)27(14-20-9-11-22(25)12-10-20)23(28)16-30-15-21-8-6-7-17(2)13-21/h6-13,18-19H,5,14-16H2,1-4H3,(H,26,29)/t18-,19-/m0/s1. The molecule has 0 aliphatic rings. The molecule has 0 saturated carbocycles. The van der Waals surface area contributed by atoms with E-state index in [9.17, 15) is 14.0 Å². The van der Waals surface area contributed by atoms with E-state index >= 15 is 0 Å². The lowest BCUT2D eigenvalue weighted by Gasteiger charge is -2.29. The molecule has 0 heterocycles. The summed E-state index contributed by atoms with van der Waals surface area (Å²) in [5.41, 5.74) is 3.14. The zero-order valence-electron chi connectivity index (χ0n) is 18.2. The zero-order chi connectivity index (χ0) is 22.1. The topological polar surface area (TPSA) is 49.4 Å². The van der Waals surface area contributed by atoms with E-state index in [0.717, 1.165) is 17.7 Å². The summed E-state index contributed by atoms with van der Waals surface area (Å²) in [6.07, 6.45) is 0.816. The van der Waals surface area contributed by atoms with Gasteiger partial charge in [-0.25, -0.2) is 4.39 Å². The van der Waals surface area contributed by atoms with Crippen LogP contribution in [0.5, 0.6) is 0 Å². The van der Waals surface area contributed by atoms with Crippen molar-refractivity contribution in [3.63, 3.8) is 0 Å². The third-order valence-electron chi connectivity index (χ3n) is 5.01. The molecule has 162 valence electrons. The largest absolute Gasteiger partial charge is 0.352 e. The summed E-state index contributed by atoms with van der Waals surface area (Å²) in [6, 6.07) is 13.7. The molecule has 0 fully saturated rings. The lowest BCUT2D eigenvalue weighted by atomic mass is 10.1. The summed E-state index contributed by atoms with van der Waals surface area (Å²) in [7, 11) is 0. The number of rotatable bonds is 10. The number of amides is 2. The van der Waals surface area contributed by atoms with Crippen LogP contribution in [-0.4, -0.2) is 34.6 Å². The van der Waals surface area contributed by atoms with Crippen LogP contribution >= 0.6 is 11.8 Å². The van der Waals surface area contributed by atoms with E-state index in [0.29, 0.717) is 0 Å². The van der Waals surface area contributed by atoms with Crippen molar-refractivity contribution in [1.29, 1.82) is 0 Å². The highest BCUT2D eigenvalue weighted by molar-refractivity contribution is 7.99. The molecule has 2 aromatic carbocycles. The fourth-order valence-electron chi connectivity index (χ4n) is 2.98. The van der Waals surface area contributed by atoms with Crippen LogP contribution in [0.4, 0.5) is 4.39 Å². The second-order valence-electron chi connectivity index (χ2n) is 7.62. The van der Waals surface area contributed by atoms with Crippen LogP contribution in [0.25, 0.3) is 0 Å². The molecule has 30 heavy (non-hydrogen) atoms. The molecule has 2 amide bonds. The van der Waals surface area contributed by atoms with Gasteiger partial charge >= 0.3 is 0 Å². The van der Waals surface area contributed by atoms with Crippen LogP contribution in [0.3, 0.4) is 0 Å². The van der Waals surface area contributed by atoms with Crippen LogP contribution in [0, 0.1) is 12.7 Å². The van der Waals surface area contributed by atoms with Gasteiger partial charge in [-0.3, -0.25) is 9.59 Å². The molecule has 1 N–H and O–H groups in total. The van der Waals surface area contributed by atoms with Crippen molar-refractivity contribution < 1.29 is 14.0 Å². The third kappa shape index (κ3) is 7.48. The number of carbonyl (C=O) groups is 2. The number of aryl methyl sites for hydroxylation is 1. The second-order valence-corrected chi connectivity index (χ2v) is 8.61. The minimum Gasteiger partial charge on any atom is -0.352 e. The van der Waals surface area contributed by atoms with Crippen molar-refractivity contribution in [3.8, 4) is 0 Å². The number of halogens is 1. The normalized spacial score (nSPS) is 12.8. The Bertz CT molecular complexity index is 841. The van der Waals surface area contributed by atoms with Crippen molar-refractivity contribution in [1.82, 2.24) is 10.2 Å². The molecule has 0 saturated heterocycles. The van der Waals surface area contributed by atoms with E-state index in [1.165, 1.54) is 35.0 Å². The lowest BCUT2D eigenvalue weighted by Crippen LogP contribution is -2.50. The minimum atomic E-state index is -0.615. The molecule has 4 nitrogen and oxygen atoms in total. The summed E-state index contributed by atoms with van der Waals surface area (Å²) in [5, 5.41) is 2.95. The van der Waals surface area contributed by atoms with Gasteiger partial charge in [0.25, 0.3) is 0 Å². The summed E-state index contributed by atoms with van der Waals surface area (Å²) in [6.45, 7) is 7.98. The molecule has 0 aliphatic carbocycles. The van der Waals surface area contributed by atoms with Crippen molar-refractivity contribution in [2.45, 2.75) is 58.5 Å². The predicted molar refractivity (Wildman–Crippen MR) is 122 cm³/mol. The van der Waals surface area contributed by atoms with E-state index in [4.69, 9.17) is 0 Å². The zero-order valence-corrected chi connectivity index (χ0v) is 19.0. The first-order valence-corrected chi connectivity index (χ1v) is 11.4. The summed E-state index contributed by atoms with van der Waals surface area (Å²) in [5.74, 6) is 0.390. The van der Waals surface area contributed by atoms with Crippen molar-refractivity contribution in [2.24, 2.45) is 0 Å². The maximum atomic E-state index is 13.3. The van der Waals surface area contributed by atoms with E-state index < -0.39 is 6.04 Å². The van der Waals surface area contributed by atoms with Crippen LogP contribution < -0.4 is 5.32 Å². The van der Waals surface area contributed by atoms with Gasteiger partial charge < -0.3 is 10.2 Å². The molecule has 6 heteroatoms. The molecule has 0 aliphatic heterocycles. The van der Waals surface area contributed by atoms with Gasteiger partial charge in [-0.2, -0.15) is 0 Å². The molecule has 0 spiro atoms. The van der Waals surface area contributed by atoms with Crippen molar-refractivity contribution >= 4 is 23.6 Å². The molecular formula is C24H31FN2O2S. The van der Waals surface area contributed by atoms with E-state index in [-0.39, 0.29) is 36.0 Å². The molecule has 0 bridgehead atoms. The second kappa shape index (κ2) is 11.7. The van der Waals surface area contributed by atoms with Gasteiger partial charge in [0.05, 0.1) is 5.75 Å². The Labute approximate surface area is 183 Å². The molecule has 2 aromatic rings. The van der Waals surface area contributed by atoms with Crippen LogP contribution in [0.2, 0.25) is 0 Å². The Morgan fingerprint density at radius 3 is 2.43 bits per heavy atom. The average molecular weight is 431 g/mol. The van der Waals surface area contributed by atoms with Gasteiger partial charge in [-0.1, -0.05) is 48.9 Å². The van der Waals surface area contributed by atoms with E-state index in [2.05, 4.69) is 11.4 Å². The number of hydrogen-bond acceptors (Lipinski definition) is 3. The molecular weight excluding hydrogens is 399 g/mol. The average Bonchev–Trinajstić information content (AvgIpc) is 2.72. The minimum absolute atomic E-state index is 0.0402. The molecule has 2 atom stereocenters. The Kier molecular flexibility index (Phi) is 9.37. The quantitative estimate of drug-likeness (QED) is 0.594. The van der Waals surface area contributed by atoms with Gasteiger partial charge in [0, 0.05) is 18.3 Å². The first-order valence-electron chi connectivity index (χ1n) is 10.3. The Balaban J connectivity index is 2.07. The monoisotopic (exact) mass is 430 g/mol. The highest BCUT2D eigenvalue weighted by Crippen LogP contribution is 2.17. The fraction of sp³-hybridized carbons (Fsp3) is 0.417. The maximum absolute atomic E-state index is 13.3. The molecule has 0 radical (unpaired) electrons. The molecule has 2 rings (SSSR count). The third-order valence-corrected chi connectivity index (χ3v) is 6.00. The Hall–Kier alpha value is -2.34. The lowest BCUT2D eigenvalue weighted by molar-refractivity contribution is -0.138. The predicted octanol–water partition coefficient (Wildman–Crippen LogP) is 4.70. The number of nitrogens with zero attached hydrogens (tertiary/aromatic N) is 1. The van der Waals surface area contributed by atoms with Gasteiger partial charge in [-0.15, -0.1) is 11.8 Å². The van der Waals surface area contributed by atoms with Crippen LogP contribution in [0.15, 0.2) is 48.5 Å². The first-order chi connectivity index (χ1) is 14.3. The smallest absolute Gasteiger partial charge is 0.242 e. The Morgan fingerprint density at radius 1 is 1.10 bits per heavy atom. The van der Waals surface area contributed by atoms with Gasteiger partial charge in [0.2, 0.25) is 11.8 Å². The van der Waals surface area contributed by atoms with Crippen LogP contribution in [-0.2, 0) is 21.9 Å². The summed E-state index contributed by atoms with van der Waals surface area (Å²) in [4.78, 5) is 27.3. The van der Waals surface area contributed by atoms with Crippen molar-refractivity contribution in [3.05, 3.63) is 71.0 Å². The number of hydrogen-bond donors (Lipinski definition) is 1. The van der Waals surface area contributed by atoms with E-state index in [1.54, 1.807) is 24.0 Å². The van der Waals surface area contributed by atoms with Crippen molar-refractivity contribution in [2.75, 3.05) is 5.75 Å². The highest BCUT2D eigenvalue weighted by atomic mass is 32.2. The first kappa shape index (κ1) is 23.9. The highest BCUT2D eigenvalue weighted by Gasteiger charge is 2.26. The number of carbonyl (C=O) groups excluding carboxylic acids is 2. The number of thioether (sulfide) groups is 1. The summed E-state index contributed by atoms with van der Waals surface area (Å²) >= 11 is 1.53. The van der Waals surface area contributed by atoms with Gasteiger partial charge in [0.1, 0.15) is 11.9 Å². The number of nitrogens with one attached hydrogen (secondary N) is 1. The van der Waals surface area contributed by atoms with Gasteiger partial charge in [-0.05, 0) is 50.5 Å². The summed E-state index contributed by atoms with van der Waals surface area (Å²) < 4.78 is 13.3. The SMILES string of the molecule is CC[C@H](C)NC(=O)[C@H](C)N(Cc1ccc(F)cc1)C(=O)CSCc1cccc(C)c1. The molecule has 0 unspecified atom stereocenters.